The van der Waals surface area contributed by atoms with Gasteiger partial charge in [-0.3, -0.25) is 0 Å². The third-order valence-corrected chi connectivity index (χ3v) is 4.22. The first-order valence-corrected chi connectivity index (χ1v) is 6.13. The van der Waals surface area contributed by atoms with E-state index in [0.29, 0.717) is 10.6 Å². The van der Waals surface area contributed by atoms with Crippen molar-refractivity contribution in [1.82, 2.24) is 0 Å². The SMILES string of the molecule is [N-]=[N+]=NCc1csc2c1S(=O)(=O)N=CN2. The molecule has 1 N–H and O–H groups in total. The van der Waals surface area contributed by atoms with Crippen LogP contribution in [0.25, 0.3) is 10.4 Å². The number of azide groups is 1. The number of rotatable bonds is 2. The number of sulfonamides is 1. The van der Waals surface area contributed by atoms with Gasteiger partial charge < -0.3 is 5.32 Å². The molecule has 0 atom stereocenters. The first kappa shape index (κ1) is 9.97. The highest BCUT2D eigenvalue weighted by Crippen LogP contribution is 2.35. The highest BCUT2D eigenvalue weighted by Gasteiger charge is 2.26. The third kappa shape index (κ3) is 1.67. The van der Waals surface area contributed by atoms with E-state index in [1.165, 1.54) is 11.3 Å². The predicted octanol–water partition coefficient (Wildman–Crippen LogP) is 1.70. The Morgan fingerprint density at radius 1 is 1.67 bits per heavy atom. The molecule has 2 rings (SSSR count). The van der Waals surface area contributed by atoms with Crippen LogP contribution >= 0.6 is 11.3 Å². The fourth-order valence-corrected chi connectivity index (χ4v) is 3.58. The zero-order valence-electron chi connectivity index (χ0n) is 7.28. The molecule has 2 heterocycles. The molecular formula is C6H5N5O2S2. The Labute approximate surface area is 89.1 Å². The van der Waals surface area contributed by atoms with Crippen molar-refractivity contribution in [2.75, 3.05) is 5.32 Å². The quantitative estimate of drug-likeness (QED) is 0.485. The number of thiophene rings is 1. The van der Waals surface area contributed by atoms with E-state index in [-0.39, 0.29) is 11.4 Å². The van der Waals surface area contributed by atoms with Gasteiger partial charge in [0.1, 0.15) is 16.2 Å². The molecule has 0 spiro atoms. The second kappa shape index (κ2) is 3.54. The molecule has 7 nitrogen and oxygen atoms in total. The fourth-order valence-electron chi connectivity index (χ4n) is 1.19. The molecule has 0 saturated heterocycles. The highest BCUT2D eigenvalue weighted by atomic mass is 32.2. The van der Waals surface area contributed by atoms with E-state index in [9.17, 15) is 8.42 Å². The van der Waals surface area contributed by atoms with Gasteiger partial charge in [-0.15, -0.1) is 15.7 Å². The Kier molecular flexibility index (Phi) is 2.35. The summed E-state index contributed by atoms with van der Waals surface area (Å²) in [6, 6.07) is 0. The minimum atomic E-state index is -3.63. The minimum Gasteiger partial charge on any atom is -0.336 e. The average molecular weight is 243 g/mol. The Morgan fingerprint density at radius 3 is 3.20 bits per heavy atom. The van der Waals surface area contributed by atoms with Gasteiger partial charge >= 0.3 is 0 Å². The Hall–Kier alpha value is -1.57. The lowest BCUT2D eigenvalue weighted by Gasteiger charge is -2.07. The van der Waals surface area contributed by atoms with Gasteiger partial charge in [0, 0.05) is 4.91 Å². The van der Waals surface area contributed by atoms with Crippen LogP contribution in [-0.2, 0) is 16.6 Å². The number of hydrogen-bond donors (Lipinski definition) is 1. The molecule has 1 aromatic heterocycles. The van der Waals surface area contributed by atoms with Gasteiger partial charge in [-0.1, -0.05) is 5.11 Å². The second-order valence-corrected chi connectivity index (χ2v) is 5.11. The number of anilines is 1. The van der Waals surface area contributed by atoms with E-state index in [0.717, 1.165) is 6.34 Å². The normalized spacial score (nSPS) is 16.3. The molecule has 0 unspecified atom stereocenters. The zero-order chi connectivity index (χ0) is 10.9. The van der Waals surface area contributed by atoms with E-state index in [1.54, 1.807) is 5.38 Å². The molecule has 15 heavy (non-hydrogen) atoms. The van der Waals surface area contributed by atoms with Crippen molar-refractivity contribution < 1.29 is 8.42 Å². The number of nitrogens with one attached hydrogen (secondary N) is 1. The monoisotopic (exact) mass is 243 g/mol. The summed E-state index contributed by atoms with van der Waals surface area (Å²) in [6.07, 6.45) is 1.13. The standard InChI is InChI=1S/C6H5N5O2S2/c7-11-9-1-4-2-14-6-5(4)15(12,13)10-3-8-6/h2-3H,1H2,(H,8,10). The molecule has 0 aromatic carbocycles. The van der Waals surface area contributed by atoms with Crippen LogP contribution in [-0.4, -0.2) is 14.8 Å². The van der Waals surface area contributed by atoms with E-state index in [4.69, 9.17) is 5.53 Å². The van der Waals surface area contributed by atoms with Crippen molar-refractivity contribution in [2.24, 2.45) is 9.51 Å². The zero-order valence-corrected chi connectivity index (χ0v) is 8.92. The summed E-state index contributed by atoms with van der Waals surface area (Å²) in [5.41, 5.74) is 8.64. The van der Waals surface area contributed by atoms with Gasteiger partial charge in [-0.05, 0) is 16.5 Å². The summed E-state index contributed by atoms with van der Waals surface area (Å²) in [4.78, 5) is 2.70. The second-order valence-electron chi connectivity index (χ2n) is 2.66. The molecular weight excluding hydrogens is 238 g/mol. The average Bonchev–Trinajstić information content (AvgIpc) is 2.59. The van der Waals surface area contributed by atoms with Gasteiger partial charge in [-0.25, -0.2) is 0 Å². The van der Waals surface area contributed by atoms with Crippen LogP contribution in [0.1, 0.15) is 5.56 Å². The molecule has 0 aliphatic carbocycles. The van der Waals surface area contributed by atoms with Gasteiger partial charge in [0.05, 0.1) is 6.54 Å². The molecule has 1 aliphatic rings. The van der Waals surface area contributed by atoms with E-state index >= 15 is 0 Å². The lowest BCUT2D eigenvalue weighted by atomic mass is 10.3. The Balaban J connectivity index is 2.55. The van der Waals surface area contributed by atoms with Crippen LogP contribution in [0.4, 0.5) is 5.00 Å². The van der Waals surface area contributed by atoms with Crippen molar-refractivity contribution in [3.05, 3.63) is 21.4 Å². The van der Waals surface area contributed by atoms with Crippen molar-refractivity contribution in [3.63, 3.8) is 0 Å². The van der Waals surface area contributed by atoms with E-state index < -0.39 is 10.0 Å². The first-order chi connectivity index (χ1) is 7.15. The maximum atomic E-state index is 11.6. The fraction of sp³-hybridized carbons (Fsp3) is 0.167. The summed E-state index contributed by atoms with van der Waals surface area (Å²) in [5, 5.41) is 8.20. The van der Waals surface area contributed by atoms with E-state index in [1.807, 2.05) is 0 Å². The van der Waals surface area contributed by atoms with Crippen molar-refractivity contribution in [3.8, 4) is 0 Å². The number of nitrogens with zero attached hydrogens (tertiary/aromatic N) is 4. The molecule has 0 bridgehead atoms. The minimum absolute atomic E-state index is 0.0127. The molecule has 9 heteroatoms. The first-order valence-electron chi connectivity index (χ1n) is 3.82. The van der Waals surface area contributed by atoms with Crippen molar-refractivity contribution >= 4 is 32.7 Å². The maximum Gasteiger partial charge on any atom is 0.286 e. The number of fused-ring (bicyclic) bond motifs is 1. The van der Waals surface area contributed by atoms with Crippen LogP contribution in [0.15, 0.2) is 19.8 Å². The summed E-state index contributed by atoms with van der Waals surface area (Å²) in [5.74, 6) is 0. The molecule has 1 aliphatic heterocycles. The summed E-state index contributed by atoms with van der Waals surface area (Å²) < 4.78 is 26.5. The molecule has 0 radical (unpaired) electrons. The van der Waals surface area contributed by atoms with Gasteiger partial charge in [0.25, 0.3) is 10.0 Å². The van der Waals surface area contributed by atoms with Gasteiger partial charge in [0.2, 0.25) is 0 Å². The van der Waals surface area contributed by atoms with Crippen molar-refractivity contribution in [1.29, 1.82) is 0 Å². The van der Waals surface area contributed by atoms with Gasteiger partial charge in [-0.2, -0.15) is 8.42 Å². The Bertz CT molecular complexity index is 566. The summed E-state index contributed by atoms with van der Waals surface area (Å²) >= 11 is 1.24. The third-order valence-electron chi connectivity index (χ3n) is 1.77. The van der Waals surface area contributed by atoms with Crippen LogP contribution in [0, 0.1) is 0 Å². The number of hydrogen-bond acceptors (Lipinski definition) is 5. The molecule has 78 valence electrons. The molecule has 0 fully saturated rings. The smallest absolute Gasteiger partial charge is 0.286 e. The Morgan fingerprint density at radius 2 is 2.47 bits per heavy atom. The topological polar surface area (TPSA) is 107 Å². The van der Waals surface area contributed by atoms with Crippen LogP contribution in [0.3, 0.4) is 0 Å². The summed E-state index contributed by atoms with van der Waals surface area (Å²) in [6.45, 7) is 0.0127. The maximum absolute atomic E-state index is 11.6. The molecule has 0 saturated carbocycles. The largest absolute Gasteiger partial charge is 0.336 e. The summed E-state index contributed by atoms with van der Waals surface area (Å²) in [7, 11) is -3.63. The van der Waals surface area contributed by atoms with Crippen LogP contribution in [0.5, 0.6) is 0 Å². The lowest BCUT2D eigenvalue weighted by molar-refractivity contribution is 0.597. The van der Waals surface area contributed by atoms with E-state index in [2.05, 4.69) is 19.7 Å². The van der Waals surface area contributed by atoms with Gasteiger partial charge in [0.15, 0.2) is 0 Å². The van der Waals surface area contributed by atoms with Crippen LogP contribution < -0.4 is 5.32 Å². The predicted molar refractivity (Wildman–Crippen MR) is 56.5 cm³/mol. The lowest BCUT2D eigenvalue weighted by Crippen LogP contribution is -2.10. The molecule has 1 aromatic rings. The van der Waals surface area contributed by atoms with Crippen molar-refractivity contribution in [2.45, 2.75) is 11.4 Å². The van der Waals surface area contributed by atoms with Crippen LogP contribution in [0.2, 0.25) is 0 Å². The highest BCUT2D eigenvalue weighted by molar-refractivity contribution is 7.90. The molecule has 0 amide bonds.